The topological polar surface area (TPSA) is 50.8 Å². The van der Waals surface area contributed by atoms with Gasteiger partial charge in [-0.3, -0.25) is 0 Å². The molecule has 1 heterocycles. The molecule has 2 rings (SSSR count). The zero-order valence-corrected chi connectivity index (χ0v) is 10.7. The third-order valence-corrected chi connectivity index (χ3v) is 3.75. The van der Waals surface area contributed by atoms with Crippen LogP contribution in [0.2, 0.25) is 0 Å². The van der Waals surface area contributed by atoms with E-state index in [0.717, 1.165) is 19.5 Å². The molecule has 18 heavy (non-hydrogen) atoms. The molecule has 92 valence electrons. The average Bonchev–Trinajstić information content (AvgIpc) is 2.47. The molecule has 0 saturated carbocycles. The van der Waals surface area contributed by atoms with E-state index < -0.39 is 5.41 Å². The highest BCUT2D eigenvalue weighted by molar-refractivity contribution is 5.48. The smallest absolute Gasteiger partial charge is 0.147 e. The molecular formula is C15H17N3. The number of rotatable bonds is 2. The summed E-state index contributed by atoms with van der Waals surface area (Å²) in [5.41, 5.74) is 1.76. The summed E-state index contributed by atoms with van der Waals surface area (Å²) in [7, 11) is 0. The van der Waals surface area contributed by atoms with Crippen molar-refractivity contribution >= 4 is 5.69 Å². The fourth-order valence-electron chi connectivity index (χ4n) is 2.34. The predicted octanol–water partition coefficient (Wildman–Crippen LogP) is 2.88. The zero-order valence-electron chi connectivity index (χ0n) is 10.7. The SMILES string of the molecule is CCc1ccc(N2CCC(C#N)(C#N)CC2)cc1. The zero-order chi connectivity index (χ0) is 13.0. The van der Waals surface area contributed by atoms with Crippen LogP contribution in [0.25, 0.3) is 0 Å². The molecule has 0 aliphatic carbocycles. The second-order valence-electron chi connectivity index (χ2n) is 4.81. The maximum atomic E-state index is 9.08. The predicted molar refractivity (Wildman–Crippen MR) is 70.9 cm³/mol. The van der Waals surface area contributed by atoms with Crippen LogP contribution in [-0.4, -0.2) is 13.1 Å². The fraction of sp³-hybridized carbons (Fsp3) is 0.467. The minimum atomic E-state index is -0.764. The lowest BCUT2D eigenvalue weighted by molar-refractivity contribution is 0.393. The van der Waals surface area contributed by atoms with Gasteiger partial charge in [-0.05, 0) is 37.0 Å². The van der Waals surface area contributed by atoms with E-state index in [0.29, 0.717) is 12.8 Å². The lowest BCUT2D eigenvalue weighted by atomic mass is 9.81. The average molecular weight is 239 g/mol. The number of aryl methyl sites for hydroxylation is 1. The summed E-state index contributed by atoms with van der Waals surface area (Å²) in [5, 5.41) is 18.2. The molecule has 1 aromatic carbocycles. The summed E-state index contributed by atoms with van der Waals surface area (Å²) in [6, 6.07) is 12.9. The minimum absolute atomic E-state index is 0.634. The Labute approximate surface area is 108 Å². The summed E-state index contributed by atoms with van der Waals surface area (Å²) in [4.78, 5) is 2.26. The second kappa shape index (κ2) is 5.10. The molecule has 1 saturated heterocycles. The van der Waals surface area contributed by atoms with Gasteiger partial charge in [-0.1, -0.05) is 19.1 Å². The first-order valence-corrected chi connectivity index (χ1v) is 6.39. The number of hydrogen-bond donors (Lipinski definition) is 0. The minimum Gasteiger partial charge on any atom is -0.371 e. The first-order valence-electron chi connectivity index (χ1n) is 6.39. The lowest BCUT2D eigenvalue weighted by Gasteiger charge is -2.34. The highest BCUT2D eigenvalue weighted by Gasteiger charge is 2.34. The first kappa shape index (κ1) is 12.5. The highest BCUT2D eigenvalue weighted by Crippen LogP contribution is 2.32. The van der Waals surface area contributed by atoms with Gasteiger partial charge < -0.3 is 4.90 Å². The van der Waals surface area contributed by atoms with Crippen molar-refractivity contribution in [2.75, 3.05) is 18.0 Å². The van der Waals surface area contributed by atoms with E-state index in [2.05, 4.69) is 48.2 Å². The van der Waals surface area contributed by atoms with Crippen LogP contribution < -0.4 is 4.90 Å². The summed E-state index contributed by atoms with van der Waals surface area (Å²) >= 11 is 0. The van der Waals surface area contributed by atoms with Gasteiger partial charge in [0.05, 0.1) is 12.1 Å². The van der Waals surface area contributed by atoms with Crippen LogP contribution in [0.15, 0.2) is 24.3 Å². The fourth-order valence-corrected chi connectivity index (χ4v) is 2.34. The van der Waals surface area contributed by atoms with Crippen molar-refractivity contribution < 1.29 is 0 Å². The number of hydrogen-bond acceptors (Lipinski definition) is 3. The van der Waals surface area contributed by atoms with Crippen LogP contribution in [0, 0.1) is 28.1 Å². The van der Waals surface area contributed by atoms with Crippen molar-refractivity contribution in [3.8, 4) is 12.1 Å². The maximum absolute atomic E-state index is 9.08. The van der Waals surface area contributed by atoms with Crippen molar-refractivity contribution in [1.82, 2.24) is 0 Å². The summed E-state index contributed by atoms with van der Waals surface area (Å²) in [6.07, 6.45) is 2.32. The molecular weight excluding hydrogens is 222 g/mol. The van der Waals surface area contributed by atoms with Gasteiger partial charge in [-0.25, -0.2) is 0 Å². The van der Waals surface area contributed by atoms with Gasteiger partial charge in [0, 0.05) is 18.8 Å². The second-order valence-corrected chi connectivity index (χ2v) is 4.81. The van der Waals surface area contributed by atoms with Gasteiger partial charge in [0.1, 0.15) is 5.41 Å². The third kappa shape index (κ3) is 2.31. The van der Waals surface area contributed by atoms with Gasteiger partial charge in [-0.2, -0.15) is 10.5 Å². The summed E-state index contributed by atoms with van der Waals surface area (Å²) < 4.78 is 0. The molecule has 3 heteroatoms. The molecule has 0 radical (unpaired) electrons. The van der Waals surface area contributed by atoms with Crippen molar-refractivity contribution in [1.29, 1.82) is 10.5 Å². The molecule has 0 spiro atoms. The quantitative estimate of drug-likeness (QED) is 0.797. The Morgan fingerprint density at radius 2 is 1.67 bits per heavy atom. The molecule has 0 amide bonds. The van der Waals surface area contributed by atoms with Crippen LogP contribution in [0.1, 0.15) is 25.3 Å². The Morgan fingerprint density at radius 1 is 1.11 bits per heavy atom. The number of benzene rings is 1. The van der Waals surface area contributed by atoms with E-state index in [1.54, 1.807) is 0 Å². The standard InChI is InChI=1S/C15H17N3/c1-2-13-3-5-14(6-4-13)18-9-7-15(11-16,12-17)8-10-18/h3-6H,2,7-10H2,1H3. The van der Waals surface area contributed by atoms with Gasteiger partial charge >= 0.3 is 0 Å². The Kier molecular flexibility index (Phi) is 3.53. The Bertz CT molecular complexity index is 466. The first-order chi connectivity index (χ1) is 8.73. The van der Waals surface area contributed by atoms with Crippen LogP contribution in [0.4, 0.5) is 5.69 Å². The van der Waals surface area contributed by atoms with E-state index >= 15 is 0 Å². The highest BCUT2D eigenvalue weighted by atomic mass is 15.1. The lowest BCUT2D eigenvalue weighted by Crippen LogP contribution is -2.38. The van der Waals surface area contributed by atoms with E-state index in [1.165, 1.54) is 11.3 Å². The Morgan fingerprint density at radius 3 is 2.11 bits per heavy atom. The number of piperidine rings is 1. The van der Waals surface area contributed by atoms with E-state index in [4.69, 9.17) is 10.5 Å². The van der Waals surface area contributed by atoms with E-state index in [-0.39, 0.29) is 0 Å². The third-order valence-electron chi connectivity index (χ3n) is 3.75. The van der Waals surface area contributed by atoms with Crippen LogP contribution in [0.3, 0.4) is 0 Å². The molecule has 0 aromatic heterocycles. The summed E-state index contributed by atoms with van der Waals surface area (Å²) in [5.74, 6) is 0. The van der Waals surface area contributed by atoms with E-state index in [9.17, 15) is 0 Å². The van der Waals surface area contributed by atoms with Crippen molar-refractivity contribution in [3.63, 3.8) is 0 Å². The molecule has 1 fully saturated rings. The number of anilines is 1. The number of nitriles is 2. The molecule has 0 N–H and O–H groups in total. The van der Waals surface area contributed by atoms with E-state index in [1.807, 2.05) is 0 Å². The molecule has 1 aliphatic rings. The van der Waals surface area contributed by atoms with Crippen molar-refractivity contribution in [3.05, 3.63) is 29.8 Å². The maximum Gasteiger partial charge on any atom is 0.147 e. The number of nitrogens with zero attached hydrogens (tertiary/aromatic N) is 3. The van der Waals surface area contributed by atoms with Gasteiger partial charge in [0.15, 0.2) is 0 Å². The molecule has 1 aromatic rings. The summed E-state index contributed by atoms with van der Waals surface area (Å²) in [6.45, 7) is 3.71. The molecule has 1 aliphatic heterocycles. The van der Waals surface area contributed by atoms with Crippen LogP contribution >= 0.6 is 0 Å². The molecule has 0 bridgehead atoms. The van der Waals surface area contributed by atoms with Crippen molar-refractivity contribution in [2.45, 2.75) is 26.2 Å². The van der Waals surface area contributed by atoms with Gasteiger partial charge in [-0.15, -0.1) is 0 Å². The van der Waals surface area contributed by atoms with Gasteiger partial charge in [0.25, 0.3) is 0 Å². The molecule has 3 nitrogen and oxygen atoms in total. The van der Waals surface area contributed by atoms with Crippen LogP contribution in [0.5, 0.6) is 0 Å². The Hall–Kier alpha value is -2.00. The van der Waals surface area contributed by atoms with Gasteiger partial charge in [0.2, 0.25) is 0 Å². The molecule has 0 atom stereocenters. The normalized spacial score (nSPS) is 17.8. The monoisotopic (exact) mass is 239 g/mol. The largest absolute Gasteiger partial charge is 0.371 e. The van der Waals surface area contributed by atoms with Crippen LogP contribution in [-0.2, 0) is 6.42 Å². The molecule has 0 unspecified atom stereocenters. The van der Waals surface area contributed by atoms with Crippen molar-refractivity contribution in [2.24, 2.45) is 5.41 Å². The Balaban J connectivity index is 2.06.